The first-order valence-corrected chi connectivity index (χ1v) is 13.7. The van der Waals surface area contributed by atoms with Gasteiger partial charge in [0.05, 0.1) is 22.4 Å². The molecule has 192 valence electrons. The normalized spacial score (nSPS) is 11.4. The number of hydrogen-bond donors (Lipinski definition) is 0. The molecular weight excluding hydrogens is 500 g/mol. The first-order valence-electron chi connectivity index (χ1n) is 13.7. The van der Waals surface area contributed by atoms with Crippen LogP contribution in [0, 0.1) is 0 Å². The van der Waals surface area contributed by atoms with Gasteiger partial charge in [-0.05, 0) is 58.7 Å². The van der Waals surface area contributed by atoms with E-state index < -0.39 is 0 Å². The summed E-state index contributed by atoms with van der Waals surface area (Å²) in [5.41, 5.74) is 11.9. The molecule has 0 atom stereocenters. The first-order chi connectivity index (χ1) is 20.3. The van der Waals surface area contributed by atoms with Crippen LogP contribution in [0.2, 0.25) is 0 Å². The zero-order valence-electron chi connectivity index (χ0n) is 22.2. The minimum Gasteiger partial charge on any atom is -0.456 e. The van der Waals surface area contributed by atoms with E-state index in [2.05, 4.69) is 91.0 Å². The minimum atomic E-state index is 0.870. The Hall–Kier alpha value is -5.54. The van der Waals surface area contributed by atoms with Crippen LogP contribution in [0.5, 0.6) is 0 Å². The SMILES string of the molecule is c1ccc(-c2nc3ccc(-c4cccc(-c5ccc6c(c5)oc5ccccc56)c4)cc3nc2-c2ccccc2)cc1. The summed E-state index contributed by atoms with van der Waals surface area (Å²) in [6.07, 6.45) is 0. The van der Waals surface area contributed by atoms with Crippen LogP contribution in [0.4, 0.5) is 0 Å². The Kier molecular flexibility index (Phi) is 5.46. The summed E-state index contributed by atoms with van der Waals surface area (Å²) < 4.78 is 6.15. The van der Waals surface area contributed by atoms with Crippen LogP contribution in [0.25, 0.3) is 77.7 Å². The van der Waals surface area contributed by atoms with Gasteiger partial charge in [-0.2, -0.15) is 0 Å². The molecule has 0 N–H and O–H groups in total. The second-order valence-electron chi connectivity index (χ2n) is 10.2. The van der Waals surface area contributed by atoms with E-state index in [1.54, 1.807) is 0 Å². The Bertz CT molecular complexity index is 2200. The van der Waals surface area contributed by atoms with Gasteiger partial charge in [-0.15, -0.1) is 0 Å². The van der Waals surface area contributed by atoms with E-state index in [0.717, 1.165) is 77.7 Å². The highest BCUT2D eigenvalue weighted by molar-refractivity contribution is 6.06. The Balaban J connectivity index is 1.23. The molecule has 0 amide bonds. The van der Waals surface area contributed by atoms with Crippen LogP contribution in [0.1, 0.15) is 0 Å². The fraction of sp³-hybridized carbons (Fsp3) is 0. The van der Waals surface area contributed by atoms with Crippen molar-refractivity contribution in [2.24, 2.45) is 0 Å². The average Bonchev–Trinajstić information content (AvgIpc) is 3.43. The smallest absolute Gasteiger partial charge is 0.136 e. The van der Waals surface area contributed by atoms with Crippen LogP contribution in [-0.2, 0) is 0 Å². The summed E-state index contributed by atoms with van der Waals surface area (Å²) in [6.45, 7) is 0. The van der Waals surface area contributed by atoms with Crippen LogP contribution >= 0.6 is 0 Å². The molecule has 0 fully saturated rings. The Morgan fingerprint density at radius 3 is 1.61 bits per heavy atom. The number of aromatic nitrogens is 2. The van der Waals surface area contributed by atoms with Crippen molar-refractivity contribution in [3.63, 3.8) is 0 Å². The molecule has 2 heterocycles. The van der Waals surface area contributed by atoms with E-state index in [9.17, 15) is 0 Å². The topological polar surface area (TPSA) is 38.9 Å². The molecule has 8 aromatic rings. The molecule has 6 aromatic carbocycles. The molecule has 0 unspecified atom stereocenters. The van der Waals surface area contributed by atoms with E-state index in [0.29, 0.717) is 0 Å². The number of nitrogens with zero attached hydrogens (tertiary/aromatic N) is 2. The predicted molar refractivity (Wildman–Crippen MR) is 169 cm³/mol. The second-order valence-corrected chi connectivity index (χ2v) is 10.2. The first kappa shape index (κ1) is 23.4. The molecule has 3 nitrogen and oxygen atoms in total. The van der Waals surface area contributed by atoms with Gasteiger partial charge < -0.3 is 4.42 Å². The van der Waals surface area contributed by atoms with Crippen molar-refractivity contribution in [3.05, 3.63) is 146 Å². The average molecular weight is 525 g/mol. The molecule has 0 bridgehead atoms. The molecule has 0 spiro atoms. The molecule has 0 radical (unpaired) electrons. The maximum Gasteiger partial charge on any atom is 0.136 e. The van der Waals surface area contributed by atoms with Crippen molar-refractivity contribution in [1.29, 1.82) is 0 Å². The molecule has 0 aliphatic carbocycles. The van der Waals surface area contributed by atoms with Gasteiger partial charge in [-0.3, -0.25) is 0 Å². The lowest BCUT2D eigenvalue weighted by Gasteiger charge is -2.12. The van der Waals surface area contributed by atoms with Gasteiger partial charge in [0, 0.05) is 21.9 Å². The van der Waals surface area contributed by atoms with Crippen molar-refractivity contribution in [1.82, 2.24) is 9.97 Å². The number of hydrogen-bond acceptors (Lipinski definition) is 3. The van der Waals surface area contributed by atoms with Crippen LogP contribution < -0.4 is 0 Å². The summed E-state index contributed by atoms with van der Waals surface area (Å²) in [5, 5.41) is 2.28. The van der Waals surface area contributed by atoms with E-state index in [-0.39, 0.29) is 0 Å². The van der Waals surface area contributed by atoms with Crippen molar-refractivity contribution in [3.8, 4) is 44.8 Å². The zero-order valence-corrected chi connectivity index (χ0v) is 22.2. The predicted octanol–water partition coefficient (Wildman–Crippen LogP) is 10.2. The summed E-state index contributed by atoms with van der Waals surface area (Å²) in [7, 11) is 0. The number of rotatable bonds is 4. The minimum absolute atomic E-state index is 0.870. The highest BCUT2D eigenvalue weighted by Crippen LogP contribution is 2.35. The summed E-state index contributed by atoms with van der Waals surface area (Å²) in [5.74, 6) is 0. The van der Waals surface area contributed by atoms with E-state index in [4.69, 9.17) is 14.4 Å². The molecule has 3 heteroatoms. The number of furan rings is 1. The van der Waals surface area contributed by atoms with E-state index in [1.165, 1.54) is 0 Å². The van der Waals surface area contributed by atoms with Gasteiger partial charge in [0.2, 0.25) is 0 Å². The molecule has 8 rings (SSSR count). The molecular formula is C38H24N2O. The van der Waals surface area contributed by atoms with Crippen molar-refractivity contribution >= 4 is 33.0 Å². The summed E-state index contributed by atoms with van der Waals surface area (Å²) in [4.78, 5) is 10.3. The zero-order chi connectivity index (χ0) is 27.2. The van der Waals surface area contributed by atoms with Gasteiger partial charge in [-0.1, -0.05) is 109 Å². The monoisotopic (exact) mass is 524 g/mol. The molecule has 0 aliphatic heterocycles. The summed E-state index contributed by atoms with van der Waals surface area (Å²) >= 11 is 0. The van der Waals surface area contributed by atoms with Crippen LogP contribution in [0.3, 0.4) is 0 Å². The highest BCUT2D eigenvalue weighted by atomic mass is 16.3. The molecule has 41 heavy (non-hydrogen) atoms. The number of fused-ring (bicyclic) bond motifs is 4. The quantitative estimate of drug-likeness (QED) is 0.230. The Morgan fingerprint density at radius 2 is 0.878 bits per heavy atom. The van der Waals surface area contributed by atoms with Crippen LogP contribution in [-0.4, -0.2) is 9.97 Å². The van der Waals surface area contributed by atoms with Crippen molar-refractivity contribution < 1.29 is 4.42 Å². The molecule has 0 saturated heterocycles. The van der Waals surface area contributed by atoms with E-state index in [1.807, 2.05) is 54.6 Å². The Labute approximate surface area is 237 Å². The lowest BCUT2D eigenvalue weighted by Crippen LogP contribution is -1.95. The fourth-order valence-electron chi connectivity index (χ4n) is 5.61. The van der Waals surface area contributed by atoms with Gasteiger partial charge in [-0.25, -0.2) is 9.97 Å². The summed E-state index contributed by atoms with van der Waals surface area (Å²) in [6, 6.07) is 50.2. The fourth-order valence-corrected chi connectivity index (χ4v) is 5.61. The third-order valence-electron chi connectivity index (χ3n) is 7.67. The van der Waals surface area contributed by atoms with Crippen molar-refractivity contribution in [2.45, 2.75) is 0 Å². The van der Waals surface area contributed by atoms with Gasteiger partial charge in [0.25, 0.3) is 0 Å². The standard InChI is InChI=1S/C38H24N2O/c1-3-10-25(11-4-1)37-38(26-12-5-2-6-13-26)40-34-23-29(19-21-33(34)39-37)27-14-9-15-28(22-27)30-18-20-32-31-16-7-8-17-35(31)41-36(32)24-30/h1-24H. The second kappa shape index (κ2) is 9.58. The van der Waals surface area contributed by atoms with Gasteiger partial charge >= 0.3 is 0 Å². The maximum atomic E-state index is 6.15. The Morgan fingerprint density at radius 1 is 0.341 bits per heavy atom. The van der Waals surface area contributed by atoms with Gasteiger partial charge in [0.1, 0.15) is 11.2 Å². The van der Waals surface area contributed by atoms with Crippen LogP contribution in [0.15, 0.2) is 150 Å². The largest absolute Gasteiger partial charge is 0.456 e. The molecule has 2 aromatic heterocycles. The van der Waals surface area contributed by atoms with Crippen molar-refractivity contribution in [2.75, 3.05) is 0 Å². The van der Waals surface area contributed by atoms with Gasteiger partial charge in [0.15, 0.2) is 0 Å². The number of para-hydroxylation sites is 1. The maximum absolute atomic E-state index is 6.15. The third-order valence-corrected chi connectivity index (χ3v) is 7.67. The van der Waals surface area contributed by atoms with E-state index >= 15 is 0 Å². The highest BCUT2D eigenvalue weighted by Gasteiger charge is 2.14. The molecule has 0 saturated carbocycles. The lowest BCUT2D eigenvalue weighted by atomic mass is 9.97. The third kappa shape index (κ3) is 4.16. The lowest BCUT2D eigenvalue weighted by molar-refractivity contribution is 0.669. The number of benzene rings is 6. The molecule has 0 aliphatic rings.